The molecule has 1 aromatic heterocycles. The maximum absolute atomic E-state index is 11.3. The number of carbonyl (C=O) groups excluding carboxylic acids is 1. The first-order valence-corrected chi connectivity index (χ1v) is 4.87. The minimum absolute atomic E-state index is 0.0890. The van der Waals surface area contributed by atoms with Gasteiger partial charge in [0, 0.05) is 12.6 Å². The van der Waals surface area contributed by atoms with Gasteiger partial charge in [0.2, 0.25) is 5.91 Å². The highest BCUT2D eigenvalue weighted by molar-refractivity contribution is 6.29. The Labute approximate surface area is 96.5 Å². The van der Waals surface area contributed by atoms with Gasteiger partial charge in [0.25, 0.3) is 5.56 Å². The Balaban J connectivity index is 2.57. The molecule has 0 atom stereocenters. The predicted molar refractivity (Wildman–Crippen MR) is 56.7 cm³/mol. The molecule has 1 rings (SSSR count). The lowest BCUT2D eigenvalue weighted by molar-refractivity contribution is -0.121. The fraction of sp³-hybridized carbons (Fsp3) is 0.333. The number of rotatable bonds is 4. The zero-order valence-corrected chi connectivity index (χ0v) is 9.07. The first-order valence-electron chi connectivity index (χ1n) is 4.49. The van der Waals surface area contributed by atoms with Gasteiger partial charge in [-0.2, -0.15) is 5.26 Å². The third-order valence-corrected chi connectivity index (χ3v) is 1.93. The van der Waals surface area contributed by atoms with Crippen molar-refractivity contribution in [3.8, 4) is 6.07 Å². The van der Waals surface area contributed by atoms with E-state index in [2.05, 4.69) is 10.3 Å². The van der Waals surface area contributed by atoms with Crippen LogP contribution in [0.1, 0.15) is 6.42 Å². The first kappa shape index (κ1) is 12.2. The number of amides is 1. The molecule has 1 amide bonds. The lowest BCUT2D eigenvalue weighted by atomic mass is 10.4. The van der Waals surface area contributed by atoms with E-state index in [4.69, 9.17) is 16.9 Å². The zero-order valence-electron chi connectivity index (χ0n) is 8.31. The first-order chi connectivity index (χ1) is 7.63. The SMILES string of the molecule is N#CCCNC(=O)Cn1cnc(Cl)cc1=O. The maximum Gasteiger partial charge on any atom is 0.255 e. The van der Waals surface area contributed by atoms with Gasteiger partial charge in [0.05, 0.1) is 18.8 Å². The molecule has 0 bridgehead atoms. The van der Waals surface area contributed by atoms with Crippen molar-refractivity contribution in [3.05, 3.63) is 27.9 Å². The summed E-state index contributed by atoms with van der Waals surface area (Å²) in [6.07, 6.45) is 1.44. The molecule has 16 heavy (non-hydrogen) atoms. The fourth-order valence-electron chi connectivity index (χ4n) is 0.991. The molecule has 0 unspecified atom stereocenters. The Bertz CT molecular complexity index is 477. The average Bonchev–Trinajstić information content (AvgIpc) is 2.23. The van der Waals surface area contributed by atoms with Crippen LogP contribution in [-0.4, -0.2) is 22.0 Å². The van der Waals surface area contributed by atoms with Crippen molar-refractivity contribution < 1.29 is 4.79 Å². The molecule has 0 radical (unpaired) electrons. The summed E-state index contributed by atoms with van der Waals surface area (Å²) in [5.41, 5.74) is -0.393. The molecule has 1 heterocycles. The molecule has 0 aromatic carbocycles. The molecule has 1 aromatic rings. The van der Waals surface area contributed by atoms with Gasteiger partial charge in [-0.25, -0.2) is 4.98 Å². The van der Waals surface area contributed by atoms with E-state index < -0.39 is 5.56 Å². The van der Waals surface area contributed by atoms with E-state index in [1.807, 2.05) is 6.07 Å². The van der Waals surface area contributed by atoms with Crippen molar-refractivity contribution in [2.24, 2.45) is 0 Å². The Morgan fingerprint density at radius 3 is 3.06 bits per heavy atom. The van der Waals surface area contributed by atoms with Crippen LogP contribution in [0.3, 0.4) is 0 Å². The molecule has 7 heteroatoms. The number of nitrogens with one attached hydrogen (secondary N) is 1. The summed E-state index contributed by atoms with van der Waals surface area (Å²) in [5, 5.41) is 10.8. The molecule has 84 valence electrons. The van der Waals surface area contributed by atoms with Crippen LogP contribution in [0.5, 0.6) is 0 Å². The van der Waals surface area contributed by atoms with Crippen LogP contribution in [0.25, 0.3) is 0 Å². The Kier molecular flexibility index (Phi) is 4.48. The number of hydrogen-bond donors (Lipinski definition) is 1. The number of aromatic nitrogens is 2. The van der Waals surface area contributed by atoms with Gasteiger partial charge >= 0.3 is 0 Å². The monoisotopic (exact) mass is 240 g/mol. The minimum atomic E-state index is -0.393. The van der Waals surface area contributed by atoms with Gasteiger partial charge in [0.1, 0.15) is 11.7 Å². The van der Waals surface area contributed by atoms with E-state index in [0.29, 0.717) is 0 Å². The van der Waals surface area contributed by atoms with Crippen molar-refractivity contribution in [3.63, 3.8) is 0 Å². The van der Waals surface area contributed by atoms with E-state index in [-0.39, 0.29) is 30.6 Å². The molecule has 0 saturated carbocycles. The Morgan fingerprint density at radius 2 is 2.44 bits per heavy atom. The van der Waals surface area contributed by atoms with Gasteiger partial charge in [-0.05, 0) is 0 Å². The molecule has 0 aliphatic rings. The highest BCUT2D eigenvalue weighted by Crippen LogP contribution is 1.96. The fourth-order valence-corrected chi connectivity index (χ4v) is 1.13. The second-order valence-electron chi connectivity index (χ2n) is 2.94. The normalized spacial score (nSPS) is 9.50. The van der Waals surface area contributed by atoms with Gasteiger partial charge in [0.15, 0.2) is 0 Å². The molecular weight excluding hydrogens is 232 g/mol. The number of hydrogen-bond acceptors (Lipinski definition) is 4. The summed E-state index contributed by atoms with van der Waals surface area (Å²) in [6.45, 7) is 0.138. The van der Waals surface area contributed by atoms with Crippen molar-refractivity contribution in [1.82, 2.24) is 14.9 Å². The van der Waals surface area contributed by atoms with E-state index >= 15 is 0 Å². The highest BCUT2D eigenvalue weighted by atomic mass is 35.5. The van der Waals surface area contributed by atoms with Crippen LogP contribution in [0.4, 0.5) is 0 Å². The molecule has 0 saturated heterocycles. The molecule has 0 aliphatic heterocycles. The van der Waals surface area contributed by atoms with Crippen molar-refractivity contribution in [2.75, 3.05) is 6.54 Å². The third kappa shape index (κ3) is 3.71. The molecule has 1 N–H and O–H groups in total. The van der Waals surface area contributed by atoms with Crippen LogP contribution >= 0.6 is 11.6 Å². The van der Waals surface area contributed by atoms with E-state index in [1.54, 1.807) is 0 Å². The maximum atomic E-state index is 11.3. The summed E-state index contributed by atoms with van der Waals surface area (Å²) >= 11 is 5.49. The van der Waals surface area contributed by atoms with Gasteiger partial charge < -0.3 is 5.32 Å². The van der Waals surface area contributed by atoms with Crippen molar-refractivity contribution in [2.45, 2.75) is 13.0 Å². The average molecular weight is 241 g/mol. The molecule has 6 nitrogen and oxygen atoms in total. The van der Waals surface area contributed by atoms with Crippen LogP contribution < -0.4 is 10.9 Å². The van der Waals surface area contributed by atoms with Gasteiger partial charge in [-0.3, -0.25) is 14.2 Å². The lowest BCUT2D eigenvalue weighted by Crippen LogP contribution is -2.32. The van der Waals surface area contributed by atoms with Crippen molar-refractivity contribution in [1.29, 1.82) is 5.26 Å². The van der Waals surface area contributed by atoms with E-state index in [1.165, 1.54) is 6.33 Å². The molecule has 0 fully saturated rings. The molecule has 0 aliphatic carbocycles. The number of halogens is 1. The zero-order chi connectivity index (χ0) is 12.0. The quantitative estimate of drug-likeness (QED) is 0.589. The predicted octanol–water partition coefficient (Wildman–Crippen LogP) is -0.0734. The summed E-state index contributed by atoms with van der Waals surface area (Å²) in [6, 6.07) is 3.02. The second kappa shape index (κ2) is 5.88. The highest BCUT2D eigenvalue weighted by Gasteiger charge is 2.04. The number of nitrogens with zero attached hydrogens (tertiary/aromatic N) is 3. The lowest BCUT2D eigenvalue weighted by Gasteiger charge is -2.04. The largest absolute Gasteiger partial charge is 0.354 e. The summed E-state index contributed by atoms with van der Waals surface area (Å²) in [5.74, 6) is -0.346. The van der Waals surface area contributed by atoms with Crippen molar-refractivity contribution >= 4 is 17.5 Å². The smallest absolute Gasteiger partial charge is 0.255 e. The second-order valence-corrected chi connectivity index (χ2v) is 3.32. The molecule has 0 spiro atoms. The van der Waals surface area contributed by atoms with Crippen LogP contribution in [-0.2, 0) is 11.3 Å². The van der Waals surface area contributed by atoms with E-state index in [9.17, 15) is 9.59 Å². The minimum Gasteiger partial charge on any atom is -0.354 e. The summed E-state index contributed by atoms with van der Waals surface area (Å²) in [7, 11) is 0. The van der Waals surface area contributed by atoms with Crippen LogP contribution in [0.2, 0.25) is 5.15 Å². The standard InChI is InChI=1S/C9H9ClN4O2/c10-7-4-9(16)14(6-13-7)5-8(15)12-3-1-2-11/h4,6H,1,3,5H2,(H,12,15). The summed E-state index contributed by atoms with van der Waals surface area (Å²) < 4.78 is 1.13. The molecular formula is C9H9ClN4O2. The van der Waals surface area contributed by atoms with Crippen LogP contribution in [0.15, 0.2) is 17.2 Å². The third-order valence-electron chi connectivity index (χ3n) is 1.72. The Hall–Kier alpha value is -1.87. The summed E-state index contributed by atoms with van der Waals surface area (Å²) in [4.78, 5) is 26.3. The van der Waals surface area contributed by atoms with Gasteiger partial charge in [-0.1, -0.05) is 11.6 Å². The Morgan fingerprint density at radius 1 is 1.69 bits per heavy atom. The van der Waals surface area contributed by atoms with E-state index in [0.717, 1.165) is 10.6 Å². The number of nitriles is 1. The van der Waals surface area contributed by atoms with Gasteiger partial charge in [-0.15, -0.1) is 0 Å². The number of carbonyl (C=O) groups is 1. The topological polar surface area (TPSA) is 87.8 Å². The van der Waals surface area contributed by atoms with Crippen LogP contribution in [0, 0.1) is 11.3 Å².